The highest BCUT2D eigenvalue weighted by molar-refractivity contribution is 6.04. The van der Waals surface area contributed by atoms with Gasteiger partial charge >= 0.3 is 0 Å². The molecule has 1 unspecified atom stereocenters. The van der Waals surface area contributed by atoms with Crippen LogP contribution in [-0.2, 0) is 11.3 Å². The zero-order chi connectivity index (χ0) is 20.1. The second-order valence-corrected chi connectivity index (χ2v) is 7.27. The summed E-state index contributed by atoms with van der Waals surface area (Å²) in [4.78, 5) is 12.6. The highest BCUT2D eigenvalue weighted by atomic mass is 19.3. The van der Waals surface area contributed by atoms with Crippen LogP contribution in [0.1, 0.15) is 49.2 Å². The van der Waals surface area contributed by atoms with Crippen molar-refractivity contribution < 1.29 is 23.0 Å². The van der Waals surface area contributed by atoms with E-state index in [2.05, 4.69) is 10.4 Å². The molecular formula is C20H25F2N3O3. The number of benzene rings is 1. The smallest absolute Gasteiger partial charge is 0.284 e. The fourth-order valence-corrected chi connectivity index (χ4v) is 3.05. The molecule has 28 heavy (non-hydrogen) atoms. The first-order valence-corrected chi connectivity index (χ1v) is 9.43. The Balaban J connectivity index is 1.68. The summed E-state index contributed by atoms with van der Waals surface area (Å²) >= 11 is 0. The van der Waals surface area contributed by atoms with Crippen LogP contribution in [0.4, 0.5) is 14.5 Å². The fourth-order valence-electron chi connectivity index (χ4n) is 3.05. The lowest BCUT2D eigenvalue weighted by molar-refractivity contribution is 0.0679. The van der Waals surface area contributed by atoms with Gasteiger partial charge in [-0.3, -0.25) is 9.48 Å². The summed E-state index contributed by atoms with van der Waals surface area (Å²) in [5, 5.41) is 6.44. The van der Waals surface area contributed by atoms with Gasteiger partial charge in [0.05, 0.1) is 11.8 Å². The minimum absolute atomic E-state index is 0.0197. The second kappa shape index (κ2) is 9.14. The van der Waals surface area contributed by atoms with Gasteiger partial charge in [-0.15, -0.1) is 0 Å². The zero-order valence-corrected chi connectivity index (χ0v) is 16.0. The molecule has 1 N–H and O–H groups in total. The van der Waals surface area contributed by atoms with Crippen LogP contribution in [0.2, 0.25) is 0 Å². The summed E-state index contributed by atoms with van der Waals surface area (Å²) < 4.78 is 39.2. The topological polar surface area (TPSA) is 65.4 Å². The van der Waals surface area contributed by atoms with Gasteiger partial charge in [0.1, 0.15) is 12.4 Å². The lowest BCUT2D eigenvalue weighted by atomic mass is 10.2. The SMILES string of the molecule is CC(C)Cn1cc(NC(=O)c2cccc(OCC3CCCO3)c2)c(C(F)F)n1. The van der Waals surface area contributed by atoms with E-state index >= 15 is 0 Å². The largest absolute Gasteiger partial charge is 0.491 e. The van der Waals surface area contributed by atoms with Gasteiger partial charge in [-0.2, -0.15) is 5.10 Å². The van der Waals surface area contributed by atoms with Gasteiger partial charge < -0.3 is 14.8 Å². The lowest BCUT2D eigenvalue weighted by Gasteiger charge is -2.12. The standard InChI is InChI=1S/C20H25F2N3O3/c1-13(2)10-25-11-17(18(24-25)19(21)22)23-20(26)14-5-3-6-15(9-14)28-12-16-7-4-8-27-16/h3,5-6,9,11,13,16,19H,4,7-8,10,12H2,1-2H3,(H,23,26). The minimum atomic E-state index is -2.77. The zero-order valence-electron chi connectivity index (χ0n) is 16.0. The maximum absolute atomic E-state index is 13.3. The molecule has 0 aliphatic carbocycles. The molecule has 0 bridgehead atoms. The average Bonchev–Trinajstić information content (AvgIpc) is 3.29. The number of rotatable bonds is 8. The van der Waals surface area contributed by atoms with Crippen molar-refractivity contribution in [2.45, 2.75) is 45.8 Å². The van der Waals surface area contributed by atoms with Crippen molar-refractivity contribution in [3.05, 3.63) is 41.7 Å². The highest BCUT2D eigenvalue weighted by Crippen LogP contribution is 2.27. The Morgan fingerprint density at radius 1 is 1.43 bits per heavy atom. The van der Waals surface area contributed by atoms with E-state index in [4.69, 9.17) is 9.47 Å². The third kappa shape index (κ3) is 5.28. The number of alkyl halides is 2. The minimum Gasteiger partial charge on any atom is -0.491 e. The number of carbonyl (C=O) groups is 1. The summed E-state index contributed by atoms with van der Waals surface area (Å²) in [7, 11) is 0. The van der Waals surface area contributed by atoms with Crippen molar-refractivity contribution in [3.63, 3.8) is 0 Å². The van der Waals surface area contributed by atoms with Crippen molar-refractivity contribution >= 4 is 11.6 Å². The molecule has 6 nitrogen and oxygen atoms in total. The quantitative estimate of drug-likeness (QED) is 0.727. The van der Waals surface area contributed by atoms with E-state index in [1.165, 1.54) is 10.9 Å². The molecule has 1 aromatic heterocycles. The molecule has 152 valence electrons. The number of nitrogens with one attached hydrogen (secondary N) is 1. The van der Waals surface area contributed by atoms with E-state index in [0.717, 1.165) is 19.4 Å². The number of carbonyl (C=O) groups excluding carboxylic acids is 1. The molecule has 3 rings (SSSR count). The number of ether oxygens (including phenoxy) is 2. The van der Waals surface area contributed by atoms with Crippen LogP contribution in [0.25, 0.3) is 0 Å². The normalized spacial score (nSPS) is 16.7. The van der Waals surface area contributed by atoms with Gasteiger partial charge in [0.15, 0.2) is 5.69 Å². The molecule has 1 amide bonds. The Labute approximate surface area is 162 Å². The first kappa shape index (κ1) is 20.3. The molecule has 2 aromatic rings. The van der Waals surface area contributed by atoms with Crippen molar-refractivity contribution in [3.8, 4) is 5.75 Å². The van der Waals surface area contributed by atoms with Gasteiger partial charge in [0.25, 0.3) is 12.3 Å². The molecule has 0 spiro atoms. The van der Waals surface area contributed by atoms with E-state index in [9.17, 15) is 13.6 Å². The Morgan fingerprint density at radius 2 is 2.25 bits per heavy atom. The van der Waals surface area contributed by atoms with Gasteiger partial charge in [0, 0.05) is 24.9 Å². The van der Waals surface area contributed by atoms with Crippen LogP contribution >= 0.6 is 0 Å². The van der Waals surface area contributed by atoms with Gasteiger partial charge in [-0.05, 0) is 37.0 Å². The Hall–Kier alpha value is -2.48. The van der Waals surface area contributed by atoms with E-state index in [0.29, 0.717) is 24.5 Å². The number of halogens is 2. The van der Waals surface area contributed by atoms with E-state index in [1.807, 2.05) is 13.8 Å². The number of aromatic nitrogens is 2. The number of anilines is 1. The molecule has 1 atom stereocenters. The summed E-state index contributed by atoms with van der Waals surface area (Å²) in [5.41, 5.74) is -0.0900. The van der Waals surface area contributed by atoms with E-state index in [-0.39, 0.29) is 17.7 Å². The highest BCUT2D eigenvalue weighted by Gasteiger charge is 2.21. The lowest BCUT2D eigenvalue weighted by Crippen LogP contribution is -2.17. The van der Waals surface area contributed by atoms with Gasteiger partial charge in [-0.25, -0.2) is 8.78 Å². The average molecular weight is 393 g/mol. The van der Waals surface area contributed by atoms with Crippen LogP contribution in [0.15, 0.2) is 30.5 Å². The van der Waals surface area contributed by atoms with Crippen molar-refractivity contribution in [2.24, 2.45) is 5.92 Å². The molecule has 1 aromatic carbocycles. The maximum atomic E-state index is 13.3. The first-order valence-electron chi connectivity index (χ1n) is 9.43. The Bertz CT molecular complexity index is 802. The maximum Gasteiger partial charge on any atom is 0.284 e. The van der Waals surface area contributed by atoms with Crippen LogP contribution in [0.5, 0.6) is 5.75 Å². The summed E-state index contributed by atoms with van der Waals surface area (Å²) in [6.07, 6.45) is 0.712. The third-order valence-corrected chi connectivity index (χ3v) is 4.35. The summed E-state index contributed by atoms with van der Waals surface area (Å²) in [6.45, 7) is 5.58. The van der Waals surface area contributed by atoms with Crippen molar-refractivity contribution in [2.75, 3.05) is 18.5 Å². The number of nitrogens with zero attached hydrogens (tertiary/aromatic N) is 2. The number of amides is 1. The van der Waals surface area contributed by atoms with E-state index < -0.39 is 18.0 Å². The molecule has 1 saturated heterocycles. The molecule has 0 saturated carbocycles. The van der Waals surface area contributed by atoms with Gasteiger partial charge in [0.2, 0.25) is 0 Å². The number of hydrogen-bond acceptors (Lipinski definition) is 4. The van der Waals surface area contributed by atoms with Gasteiger partial charge in [-0.1, -0.05) is 19.9 Å². The van der Waals surface area contributed by atoms with Crippen molar-refractivity contribution in [1.29, 1.82) is 0 Å². The summed E-state index contributed by atoms with van der Waals surface area (Å²) in [5.74, 6) is 0.285. The van der Waals surface area contributed by atoms with Crippen molar-refractivity contribution in [1.82, 2.24) is 9.78 Å². The molecule has 2 heterocycles. The molecule has 1 fully saturated rings. The Morgan fingerprint density at radius 3 is 2.93 bits per heavy atom. The second-order valence-electron chi connectivity index (χ2n) is 7.27. The monoisotopic (exact) mass is 393 g/mol. The molecule has 1 aliphatic heterocycles. The molecule has 1 aliphatic rings. The molecule has 8 heteroatoms. The Kier molecular flexibility index (Phi) is 6.61. The summed E-state index contributed by atoms with van der Waals surface area (Å²) in [6, 6.07) is 6.63. The van der Waals surface area contributed by atoms with Crippen LogP contribution in [0, 0.1) is 5.92 Å². The number of hydrogen-bond donors (Lipinski definition) is 1. The molecular weight excluding hydrogens is 368 g/mol. The first-order chi connectivity index (χ1) is 13.4. The molecule has 0 radical (unpaired) electrons. The third-order valence-electron chi connectivity index (χ3n) is 4.35. The van der Waals surface area contributed by atoms with E-state index in [1.54, 1.807) is 24.3 Å². The fraction of sp³-hybridized carbons (Fsp3) is 0.500. The van der Waals surface area contributed by atoms with Crippen LogP contribution in [0.3, 0.4) is 0 Å². The van der Waals surface area contributed by atoms with Crippen LogP contribution < -0.4 is 10.1 Å². The predicted octanol–water partition coefficient (Wildman–Crippen LogP) is 4.29. The predicted molar refractivity (Wildman–Crippen MR) is 101 cm³/mol. The van der Waals surface area contributed by atoms with Crippen LogP contribution in [-0.4, -0.2) is 35.0 Å².